The maximum Gasteiger partial charge on any atom is 0.258 e. The summed E-state index contributed by atoms with van der Waals surface area (Å²) in [6, 6.07) is 13.2. The van der Waals surface area contributed by atoms with Gasteiger partial charge in [-0.25, -0.2) is 4.98 Å². The summed E-state index contributed by atoms with van der Waals surface area (Å²) in [6.07, 6.45) is 0. The number of carbonyl (C=O) groups is 2. The number of aryl methyl sites for hydroxylation is 1. The second kappa shape index (κ2) is 11.7. The van der Waals surface area contributed by atoms with Crippen LogP contribution in [0.4, 0.5) is 5.69 Å². The molecule has 0 radical (unpaired) electrons. The molecule has 1 aliphatic heterocycles. The zero-order valence-electron chi connectivity index (χ0n) is 23.6. The second-order valence-corrected chi connectivity index (χ2v) is 9.50. The summed E-state index contributed by atoms with van der Waals surface area (Å²) in [6.45, 7) is 13.6. The summed E-state index contributed by atoms with van der Waals surface area (Å²) in [5.74, 6) is -0.226. The molecule has 0 unspecified atom stereocenters. The Kier molecular flexibility index (Phi) is 8.33. The fraction of sp³-hybridized carbons (Fsp3) is 0.355. The molecule has 2 amide bonds. The molecular formula is C31H36N4O4. The molecule has 0 bridgehead atoms. The number of nitrogens with one attached hydrogen (secondary N) is 1. The molecule has 2 aromatic rings. The largest absolute Gasteiger partial charge is 0.452 e. The Bertz CT molecular complexity index is 1540. The van der Waals surface area contributed by atoms with Crippen LogP contribution in [0.25, 0.3) is 22.6 Å². The summed E-state index contributed by atoms with van der Waals surface area (Å²) >= 11 is 0. The summed E-state index contributed by atoms with van der Waals surface area (Å²) in [7, 11) is 0. The number of carbonyl (C=O) groups excluding carboxylic acids is 2. The first-order chi connectivity index (χ1) is 18.8. The van der Waals surface area contributed by atoms with E-state index in [1.54, 1.807) is 22.8 Å². The van der Waals surface area contributed by atoms with Crippen LogP contribution in [0.15, 0.2) is 51.7 Å². The zero-order chi connectivity index (χ0) is 28.3. The molecule has 8 heteroatoms. The van der Waals surface area contributed by atoms with Gasteiger partial charge in [-0.05, 0) is 58.7 Å². The van der Waals surface area contributed by atoms with Gasteiger partial charge in [0, 0.05) is 38.3 Å². The van der Waals surface area contributed by atoms with E-state index in [-0.39, 0.29) is 39.9 Å². The van der Waals surface area contributed by atoms with E-state index < -0.39 is 0 Å². The van der Waals surface area contributed by atoms with Gasteiger partial charge in [0.05, 0.1) is 16.8 Å². The number of hydrogen-bond donors (Lipinski definition) is 1. The number of amides is 2. The first-order valence-corrected chi connectivity index (χ1v) is 13.5. The minimum Gasteiger partial charge on any atom is -0.452 e. The van der Waals surface area contributed by atoms with Crippen molar-refractivity contribution in [3.63, 3.8) is 0 Å². The Labute approximate surface area is 229 Å². The Morgan fingerprint density at radius 2 is 1.49 bits per heavy atom. The van der Waals surface area contributed by atoms with Crippen molar-refractivity contribution in [2.24, 2.45) is 0 Å². The molecule has 2 aliphatic rings. The van der Waals surface area contributed by atoms with Crippen LogP contribution < -0.4 is 10.7 Å². The number of aromatic nitrogens is 1. The SMILES string of the molecule is CCN(CC)C(=O)c1c2nc3c(C(=O)N(CC)CC)ccc(C)c3oc-2c(C)c(=O)c1NCc1ccccc1. The third-order valence-electron chi connectivity index (χ3n) is 7.22. The summed E-state index contributed by atoms with van der Waals surface area (Å²) in [4.78, 5) is 49.4. The molecule has 1 heterocycles. The average molecular weight is 529 g/mol. The van der Waals surface area contributed by atoms with Crippen molar-refractivity contribution in [2.45, 2.75) is 48.1 Å². The van der Waals surface area contributed by atoms with Crippen molar-refractivity contribution in [2.75, 3.05) is 31.5 Å². The van der Waals surface area contributed by atoms with Gasteiger partial charge in [0.15, 0.2) is 11.3 Å². The van der Waals surface area contributed by atoms with Crippen LogP contribution in [-0.4, -0.2) is 52.8 Å². The minimum absolute atomic E-state index is 0.161. The highest BCUT2D eigenvalue weighted by Gasteiger charge is 2.32. The molecular weight excluding hydrogens is 492 g/mol. The highest BCUT2D eigenvalue weighted by atomic mass is 16.3. The first-order valence-electron chi connectivity index (χ1n) is 13.5. The van der Waals surface area contributed by atoms with Crippen LogP contribution in [0, 0.1) is 13.8 Å². The molecule has 8 nitrogen and oxygen atoms in total. The van der Waals surface area contributed by atoms with E-state index in [1.807, 2.05) is 71.0 Å². The Balaban J connectivity index is 2.06. The van der Waals surface area contributed by atoms with Gasteiger partial charge in [0.1, 0.15) is 11.2 Å². The van der Waals surface area contributed by atoms with Gasteiger partial charge >= 0.3 is 0 Å². The first kappa shape index (κ1) is 27.8. The third kappa shape index (κ3) is 5.11. The summed E-state index contributed by atoms with van der Waals surface area (Å²) in [5.41, 5.74) is 3.60. The van der Waals surface area contributed by atoms with Crippen LogP contribution in [0.3, 0.4) is 0 Å². The predicted octanol–water partition coefficient (Wildman–Crippen LogP) is 5.49. The van der Waals surface area contributed by atoms with Crippen LogP contribution in [-0.2, 0) is 6.54 Å². The number of nitrogens with zero attached hydrogens (tertiary/aromatic N) is 3. The minimum atomic E-state index is -0.316. The Morgan fingerprint density at radius 1 is 0.872 bits per heavy atom. The fourth-order valence-corrected chi connectivity index (χ4v) is 4.86. The molecule has 4 rings (SSSR count). The van der Waals surface area contributed by atoms with Gasteiger partial charge in [0.2, 0.25) is 5.43 Å². The average Bonchev–Trinajstić information content (AvgIpc) is 2.95. The van der Waals surface area contributed by atoms with Gasteiger partial charge in [-0.3, -0.25) is 14.4 Å². The van der Waals surface area contributed by atoms with E-state index >= 15 is 0 Å². The number of anilines is 1. The number of rotatable bonds is 9. The lowest BCUT2D eigenvalue weighted by Crippen LogP contribution is -2.34. The lowest BCUT2D eigenvalue weighted by atomic mass is 9.98. The molecule has 1 aliphatic carbocycles. The maximum atomic E-state index is 13.9. The second-order valence-electron chi connectivity index (χ2n) is 9.50. The van der Waals surface area contributed by atoms with E-state index in [1.165, 1.54) is 0 Å². The third-order valence-corrected chi connectivity index (χ3v) is 7.22. The van der Waals surface area contributed by atoms with Crippen molar-refractivity contribution in [3.8, 4) is 11.5 Å². The lowest BCUT2D eigenvalue weighted by molar-refractivity contribution is 0.0767. The number of fused-ring (bicyclic) bond motifs is 2. The van der Waals surface area contributed by atoms with Gasteiger partial charge in [-0.15, -0.1) is 0 Å². The van der Waals surface area contributed by atoms with Crippen LogP contribution in [0.5, 0.6) is 0 Å². The molecule has 2 aromatic carbocycles. The van der Waals surface area contributed by atoms with Gasteiger partial charge in [-0.2, -0.15) is 0 Å². The molecule has 0 fully saturated rings. The van der Waals surface area contributed by atoms with Gasteiger partial charge < -0.3 is 19.5 Å². The Morgan fingerprint density at radius 3 is 2.10 bits per heavy atom. The fourth-order valence-electron chi connectivity index (χ4n) is 4.86. The molecule has 204 valence electrons. The van der Waals surface area contributed by atoms with E-state index in [0.29, 0.717) is 55.0 Å². The molecule has 0 spiro atoms. The highest BCUT2D eigenvalue weighted by molar-refractivity contribution is 6.08. The number of benzene rings is 3. The van der Waals surface area contributed by atoms with Crippen molar-refractivity contribution in [1.82, 2.24) is 14.8 Å². The monoisotopic (exact) mass is 528 g/mol. The van der Waals surface area contributed by atoms with Crippen LogP contribution >= 0.6 is 0 Å². The van der Waals surface area contributed by atoms with Gasteiger partial charge in [0.25, 0.3) is 11.8 Å². The van der Waals surface area contributed by atoms with Crippen LogP contribution in [0.2, 0.25) is 0 Å². The van der Waals surface area contributed by atoms with E-state index in [9.17, 15) is 14.4 Å². The van der Waals surface area contributed by atoms with Crippen molar-refractivity contribution in [3.05, 3.63) is 80.5 Å². The molecule has 0 saturated heterocycles. The molecule has 0 atom stereocenters. The molecule has 1 N–H and O–H groups in total. The smallest absolute Gasteiger partial charge is 0.258 e. The number of hydrogen-bond acceptors (Lipinski definition) is 6. The van der Waals surface area contributed by atoms with E-state index in [0.717, 1.165) is 11.1 Å². The highest BCUT2D eigenvalue weighted by Crippen LogP contribution is 2.36. The van der Waals surface area contributed by atoms with Crippen molar-refractivity contribution in [1.29, 1.82) is 0 Å². The predicted molar refractivity (Wildman–Crippen MR) is 155 cm³/mol. The van der Waals surface area contributed by atoms with Crippen molar-refractivity contribution >= 4 is 28.6 Å². The van der Waals surface area contributed by atoms with Crippen molar-refractivity contribution < 1.29 is 14.0 Å². The van der Waals surface area contributed by atoms with E-state index in [2.05, 4.69) is 5.32 Å². The molecule has 0 aromatic heterocycles. The molecule has 0 saturated carbocycles. The maximum absolute atomic E-state index is 13.9. The van der Waals surface area contributed by atoms with Crippen LogP contribution in [0.1, 0.15) is 65.1 Å². The topological polar surface area (TPSA) is 95.8 Å². The standard InChI is InChI=1S/C31H36N4O4/c1-7-34(8-2)30(37)22-17-16-19(5)28-24(22)33-26-23(31(38)35(9-3)10-4)25(27(36)20(6)29(26)39-28)32-18-21-14-12-11-13-15-21/h11-17,32H,7-10,18H2,1-6H3. The Hall–Kier alpha value is -4.20. The normalized spacial score (nSPS) is 11.1. The zero-order valence-corrected chi connectivity index (χ0v) is 23.6. The quantitative estimate of drug-likeness (QED) is 0.289. The summed E-state index contributed by atoms with van der Waals surface area (Å²) in [5, 5.41) is 3.23. The van der Waals surface area contributed by atoms with E-state index in [4.69, 9.17) is 9.40 Å². The lowest BCUT2D eigenvalue weighted by Gasteiger charge is -2.24. The van der Waals surface area contributed by atoms with Gasteiger partial charge in [-0.1, -0.05) is 36.4 Å². The molecule has 39 heavy (non-hydrogen) atoms. The summed E-state index contributed by atoms with van der Waals surface area (Å²) < 4.78 is 6.35.